The molecule has 0 N–H and O–H groups in total. The normalized spacial score (nSPS) is 16.0. The molecule has 2 fully saturated rings. The fourth-order valence-electron chi connectivity index (χ4n) is 5.19. The van der Waals surface area contributed by atoms with Crippen LogP contribution in [0.5, 0.6) is 0 Å². The maximum Gasteiger partial charge on any atom is 0.416 e. The van der Waals surface area contributed by atoms with Crippen LogP contribution in [0.1, 0.15) is 53.6 Å². The van der Waals surface area contributed by atoms with Crippen LogP contribution >= 0.6 is 11.6 Å². The van der Waals surface area contributed by atoms with E-state index in [1.54, 1.807) is 12.1 Å². The van der Waals surface area contributed by atoms with Gasteiger partial charge in [-0.15, -0.1) is 5.10 Å². The van der Waals surface area contributed by atoms with Gasteiger partial charge in [0.25, 0.3) is 5.95 Å². The highest BCUT2D eigenvalue weighted by Gasteiger charge is 2.40. The Morgan fingerprint density at radius 2 is 1.52 bits per heavy atom. The summed E-state index contributed by atoms with van der Waals surface area (Å²) < 4.78 is 81.6. The molecule has 6 rings (SSSR count). The third kappa shape index (κ3) is 6.31. The Bertz CT molecular complexity index is 1570. The summed E-state index contributed by atoms with van der Waals surface area (Å²) in [4.78, 5) is 10.0. The Morgan fingerprint density at radius 1 is 0.881 bits per heavy atom. The Hall–Kier alpha value is -3.45. The second-order valence-corrected chi connectivity index (χ2v) is 11.3. The first-order valence-electron chi connectivity index (χ1n) is 13.5. The second-order valence-electron chi connectivity index (χ2n) is 10.9. The molecule has 2 aromatic heterocycles. The van der Waals surface area contributed by atoms with Crippen molar-refractivity contribution in [3.63, 3.8) is 0 Å². The molecular weight excluding hydrogens is 584 g/mol. The number of rotatable bonds is 9. The third-order valence-corrected chi connectivity index (χ3v) is 7.80. The molecule has 0 spiro atoms. The summed E-state index contributed by atoms with van der Waals surface area (Å²) in [5.41, 5.74) is -0.852. The van der Waals surface area contributed by atoms with Crippen molar-refractivity contribution in [1.82, 2.24) is 30.1 Å². The van der Waals surface area contributed by atoms with Gasteiger partial charge in [0.05, 0.1) is 34.4 Å². The number of hydrogen-bond acceptors (Lipinski definition) is 6. The zero-order valence-corrected chi connectivity index (χ0v) is 23.2. The van der Waals surface area contributed by atoms with Gasteiger partial charge in [0.1, 0.15) is 0 Å². The highest BCUT2D eigenvalue weighted by atomic mass is 35.5. The van der Waals surface area contributed by atoms with Crippen molar-refractivity contribution in [1.29, 1.82) is 0 Å². The van der Waals surface area contributed by atoms with Gasteiger partial charge < -0.3 is 4.90 Å². The van der Waals surface area contributed by atoms with Crippen molar-refractivity contribution in [2.45, 2.75) is 69.8 Å². The van der Waals surface area contributed by atoms with Crippen LogP contribution < -0.4 is 4.90 Å². The van der Waals surface area contributed by atoms with Crippen LogP contribution in [-0.4, -0.2) is 42.2 Å². The molecule has 0 amide bonds. The van der Waals surface area contributed by atoms with E-state index >= 15 is 0 Å². The Morgan fingerprint density at radius 3 is 2.07 bits per heavy atom. The van der Waals surface area contributed by atoms with Crippen LogP contribution in [0.2, 0.25) is 5.02 Å². The zero-order chi connectivity index (χ0) is 29.8. The van der Waals surface area contributed by atoms with Gasteiger partial charge >= 0.3 is 12.4 Å². The molecule has 0 unspecified atom stereocenters. The van der Waals surface area contributed by atoms with Crippen molar-refractivity contribution < 1.29 is 26.3 Å². The topological polar surface area (TPSA) is 63.0 Å². The third-order valence-electron chi connectivity index (χ3n) is 7.49. The number of aromatic nitrogens is 5. The summed E-state index contributed by atoms with van der Waals surface area (Å²) in [6, 6.07) is 9.82. The molecule has 2 aliphatic carbocycles. The molecule has 7 nitrogen and oxygen atoms in total. The molecule has 222 valence electrons. The van der Waals surface area contributed by atoms with E-state index in [9.17, 15) is 26.3 Å². The van der Waals surface area contributed by atoms with E-state index in [4.69, 9.17) is 16.6 Å². The number of hydrogen-bond donors (Lipinski definition) is 0. The van der Waals surface area contributed by atoms with E-state index in [0.29, 0.717) is 29.2 Å². The van der Waals surface area contributed by atoms with Crippen molar-refractivity contribution in [3.8, 4) is 0 Å². The predicted octanol–water partition coefficient (Wildman–Crippen LogP) is 6.78. The van der Waals surface area contributed by atoms with E-state index in [-0.39, 0.29) is 30.7 Å². The van der Waals surface area contributed by atoms with Crippen LogP contribution in [0.3, 0.4) is 0 Å². The lowest BCUT2D eigenvalue weighted by atomic mass is 10.0. The molecular formula is C28H26ClF6N7. The smallest absolute Gasteiger partial charge is 0.329 e. The highest BCUT2D eigenvalue weighted by Crippen LogP contribution is 2.40. The SMILES string of the molecule is Cn1nnc(N(Cc2cc(C(F)(F)F)cc(C(F)(F)F)c2)Cc2cc3cccc(Cl)c3nc2CN(C2CC2)C2CC2)n1. The maximum absolute atomic E-state index is 13.6. The molecule has 2 saturated carbocycles. The summed E-state index contributed by atoms with van der Waals surface area (Å²) >= 11 is 6.48. The largest absolute Gasteiger partial charge is 0.416 e. The summed E-state index contributed by atoms with van der Waals surface area (Å²) in [5, 5.41) is 13.3. The highest BCUT2D eigenvalue weighted by molar-refractivity contribution is 6.35. The second kappa shape index (κ2) is 10.7. The molecule has 14 heteroatoms. The van der Waals surface area contributed by atoms with E-state index < -0.39 is 23.5 Å². The van der Waals surface area contributed by atoms with Gasteiger partial charge in [-0.1, -0.05) is 28.8 Å². The van der Waals surface area contributed by atoms with Crippen LogP contribution in [-0.2, 0) is 39.0 Å². The van der Waals surface area contributed by atoms with E-state index in [0.717, 1.165) is 54.5 Å². The van der Waals surface area contributed by atoms with E-state index in [1.165, 1.54) is 16.7 Å². The number of aryl methyl sites for hydroxylation is 1. The van der Waals surface area contributed by atoms with Crippen molar-refractivity contribution in [2.75, 3.05) is 4.90 Å². The van der Waals surface area contributed by atoms with Crippen LogP contribution in [0.25, 0.3) is 10.9 Å². The standard InChI is InChI=1S/C28H26ClF6N7/c1-40-38-26(37-39-40)41(13-16-9-19(27(30,31)32)12-20(10-16)28(33,34)35)14-18-11-17-3-2-4-23(29)25(17)36-24(18)15-42(21-5-6-21)22-7-8-22/h2-4,9-12,21-22H,5-8,13-15H2,1H3. The summed E-state index contributed by atoms with van der Waals surface area (Å²) in [6.45, 7) is 0.285. The fourth-order valence-corrected chi connectivity index (χ4v) is 5.42. The molecule has 0 saturated heterocycles. The molecule has 2 heterocycles. The number of halogens is 7. The molecule has 0 atom stereocenters. The van der Waals surface area contributed by atoms with Crippen LogP contribution in [0, 0.1) is 0 Å². The molecule has 2 aliphatic rings. The lowest BCUT2D eigenvalue weighted by Gasteiger charge is -2.26. The van der Waals surface area contributed by atoms with Gasteiger partial charge in [-0.05, 0) is 72.4 Å². The minimum atomic E-state index is -4.96. The van der Waals surface area contributed by atoms with Crippen molar-refractivity contribution >= 4 is 28.5 Å². The van der Waals surface area contributed by atoms with Gasteiger partial charge in [0.2, 0.25) is 0 Å². The number of benzene rings is 2. The molecule has 42 heavy (non-hydrogen) atoms. The summed E-state index contributed by atoms with van der Waals surface area (Å²) in [5.74, 6) is 0.0573. The Kier molecular flexibility index (Phi) is 7.28. The maximum atomic E-state index is 13.6. The van der Waals surface area contributed by atoms with E-state index in [2.05, 4.69) is 20.3 Å². The Balaban J connectivity index is 1.41. The summed E-state index contributed by atoms with van der Waals surface area (Å²) in [6.07, 6.45) is -5.51. The first kappa shape index (κ1) is 28.7. The monoisotopic (exact) mass is 609 g/mol. The molecule has 0 bridgehead atoms. The molecule has 4 aromatic rings. The van der Waals surface area contributed by atoms with Crippen molar-refractivity contribution in [2.24, 2.45) is 7.05 Å². The first-order valence-corrected chi connectivity index (χ1v) is 13.8. The van der Waals surface area contributed by atoms with Crippen molar-refractivity contribution in [3.05, 3.63) is 75.4 Å². The van der Waals surface area contributed by atoms with E-state index in [1.807, 2.05) is 12.1 Å². The van der Waals surface area contributed by atoms with Gasteiger partial charge in [0, 0.05) is 37.1 Å². The first-order chi connectivity index (χ1) is 19.8. The number of fused-ring (bicyclic) bond motifs is 1. The number of anilines is 1. The average Bonchev–Trinajstić information content (AvgIpc) is 3.85. The number of tetrazole rings is 1. The van der Waals surface area contributed by atoms with Gasteiger partial charge in [-0.2, -0.15) is 31.1 Å². The number of alkyl halides is 6. The average molecular weight is 610 g/mol. The molecule has 2 aromatic carbocycles. The van der Waals surface area contributed by atoms with Crippen LogP contribution in [0.4, 0.5) is 32.3 Å². The molecule has 0 radical (unpaired) electrons. The Labute approximate surface area is 242 Å². The lowest BCUT2D eigenvalue weighted by molar-refractivity contribution is -0.143. The number of nitrogens with zero attached hydrogens (tertiary/aromatic N) is 7. The predicted molar refractivity (Wildman–Crippen MR) is 143 cm³/mol. The zero-order valence-electron chi connectivity index (χ0n) is 22.4. The fraction of sp³-hybridized carbons (Fsp3) is 0.429. The number of para-hydroxylation sites is 1. The number of pyridine rings is 1. The van der Waals surface area contributed by atoms with Gasteiger partial charge in [-0.25, -0.2) is 4.98 Å². The molecule has 0 aliphatic heterocycles. The summed E-state index contributed by atoms with van der Waals surface area (Å²) in [7, 11) is 1.52. The van der Waals surface area contributed by atoms with Crippen LogP contribution in [0.15, 0.2) is 42.5 Å². The van der Waals surface area contributed by atoms with Gasteiger partial charge in [-0.3, -0.25) is 4.90 Å². The van der Waals surface area contributed by atoms with Gasteiger partial charge in [0.15, 0.2) is 0 Å². The minimum Gasteiger partial charge on any atom is -0.329 e. The lowest BCUT2D eigenvalue weighted by Crippen LogP contribution is -2.30. The minimum absolute atomic E-state index is 0.0573. The quantitative estimate of drug-likeness (QED) is 0.195.